The Hall–Kier alpha value is -0.160. The van der Waals surface area contributed by atoms with Crippen LogP contribution in [0.15, 0.2) is 0 Å². The molecule has 0 amide bonds. The molecule has 4 heteroatoms. The van der Waals surface area contributed by atoms with Gasteiger partial charge in [-0.3, -0.25) is 0 Å². The predicted octanol–water partition coefficient (Wildman–Crippen LogP) is -1.35. The Morgan fingerprint density at radius 2 is 1.50 bits per heavy atom. The van der Waals surface area contributed by atoms with Crippen molar-refractivity contribution < 1.29 is 20.1 Å². The van der Waals surface area contributed by atoms with Gasteiger partial charge >= 0.3 is 5.97 Å². The molecule has 8 heavy (non-hydrogen) atoms. The minimum Gasteiger partial charge on any atom is -0.400 e. The van der Waals surface area contributed by atoms with Gasteiger partial charge in [0.05, 0.1) is 0 Å². The lowest BCUT2D eigenvalue weighted by Gasteiger charge is -1.84. The number of epoxide rings is 1. The van der Waals surface area contributed by atoms with Gasteiger partial charge in [-0.05, 0) is 6.92 Å². The van der Waals surface area contributed by atoms with Crippen molar-refractivity contribution in [3.05, 3.63) is 0 Å². The number of hydrogen-bond acceptors (Lipinski definition) is 4. The van der Waals surface area contributed by atoms with Crippen LogP contribution in [0.3, 0.4) is 0 Å². The summed E-state index contributed by atoms with van der Waals surface area (Å²) in [6, 6.07) is 0. The monoisotopic (exact) mass is 122 g/mol. The van der Waals surface area contributed by atoms with Crippen molar-refractivity contribution in [3.8, 4) is 0 Å². The van der Waals surface area contributed by atoms with Crippen molar-refractivity contribution in [1.82, 2.24) is 0 Å². The zero-order valence-electron chi connectivity index (χ0n) is 4.83. The Labute approximate surface area is 47.3 Å². The van der Waals surface area contributed by atoms with Crippen LogP contribution in [-0.2, 0) is 4.74 Å². The molecular formula is C4H10O4. The molecule has 0 aliphatic carbocycles. The highest BCUT2D eigenvalue weighted by Crippen LogP contribution is 2.28. The average molecular weight is 122 g/mol. The van der Waals surface area contributed by atoms with E-state index in [1.165, 1.54) is 0 Å². The molecule has 1 unspecified atom stereocenters. The molecule has 0 aromatic carbocycles. The van der Waals surface area contributed by atoms with Gasteiger partial charge < -0.3 is 20.1 Å². The van der Waals surface area contributed by atoms with Gasteiger partial charge in [-0.1, -0.05) is 0 Å². The van der Waals surface area contributed by atoms with Gasteiger partial charge in [0.1, 0.15) is 6.10 Å². The molecule has 0 radical (unpaired) electrons. The van der Waals surface area contributed by atoms with Crippen molar-refractivity contribution in [3.63, 3.8) is 0 Å². The summed E-state index contributed by atoms with van der Waals surface area (Å²) in [5.74, 6) is -1.79. The molecule has 0 bridgehead atoms. The topological polar surface area (TPSA) is 73.2 Å². The first-order valence-electron chi connectivity index (χ1n) is 2.20. The third-order valence-corrected chi connectivity index (χ3v) is 0.823. The second-order valence-corrected chi connectivity index (χ2v) is 1.42. The van der Waals surface area contributed by atoms with Crippen molar-refractivity contribution in [2.45, 2.75) is 19.0 Å². The smallest absolute Gasteiger partial charge is 0.306 e. The third-order valence-electron chi connectivity index (χ3n) is 0.823. The van der Waals surface area contributed by atoms with E-state index in [1.54, 1.807) is 6.92 Å². The highest BCUT2D eigenvalue weighted by atomic mass is 16.9. The Balaban J connectivity index is 0.000000222. The van der Waals surface area contributed by atoms with Gasteiger partial charge in [-0.2, -0.15) is 0 Å². The highest BCUT2D eigenvalue weighted by Gasteiger charge is 2.50. The summed E-state index contributed by atoms with van der Waals surface area (Å²) in [6.45, 7) is 1.58. The van der Waals surface area contributed by atoms with Crippen LogP contribution in [0.4, 0.5) is 0 Å². The fourth-order valence-corrected chi connectivity index (χ4v) is 0.226. The van der Waals surface area contributed by atoms with E-state index < -0.39 is 12.1 Å². The van der Waals surface area contributed by atoms with Crippen molar-refractivity contribution in [2.75, 3.05) is 7.11 Å². The molecule has 1 aliphatic heterocycles. The maximum atomic E-state index is 8.23. The largest absolute Gasteiger partial charge is 0.400 e. The van der Waals surface area contributed by atoms with E-state index in [0.29, 0.717) is 0 Å². The van der Waals surface area contributed by atoms with Gasteiger partial charge in [0, 0.05) is 7.11 Å². The standard InChI is InChI=1S/C3H6O3.CH4O/c1-2-3(4,5)6-2;1-2/h2,4-5H,1H3;2H,1H3. The van der Waals surface area contributed by atoms with E-state index in [4.69, 9.17) is 15.3 Å². The first-order valence-corrected chi connectivity index (χ1v) is 2.20. The molecule has 1 rings (SSSR count). The van der Waals surface area contributed by atoms with Crippen LogP contribution in [0.25, 0.3) is 0 Å². The quantitative estimate of drug-likeness (QED) is 0.274. The lowest BCUT2D eigenvalue weighted by Crippen LogP contribution is -2.08. The summed E-state index contributed by atoms with van der Waals surface area (Å²) in [4.78, 5) is 0. The zero-order chi connectivity index (χ0) is 6.78. The minimum atomic E-state index is -1.79. The summed E-state index contributed by atoms with van der Waals surface area (Å²) in [5.41, 5.74) is 0. The number of hydrogen-bond donors (Lipinski definition) is 3. The van der Waals surface area contributed by atoms with Crippen LogP contribution in [0.1, 0.15) is 6.92 Å². The summed E-state index contributed by atoms with van der Waals surface area (Å²) < 4.78 is 4.22. The molecule has 1 aliphatic rings. The van der Waals surface area contributed by atoms with Gasteiger partial charge in [0.15, 0.2) is 0 Å². The number of rotatable bonds is 0. The van der Waals surface area contributed by atoms with Crippen molar-refractivity contribution in [2.24, 2.45) is 0 Å². The first kappa shape index (κ1) is 7.84. The second-order valence-electron chi connectivity index (χ2n) is 1.42. The molecule has 50 valence electrons. The Morgan fingerprint density at radius 3 is 1.50 bits per heavy atom. The number of aliphatic hydroxyl groups is 3. The lowest BCUT2D eigenvalue weighted by atomic mass is 10.5. The molecule has 1 saturated heterocycles. The van der Waals surface area contributed by atoms with E-state index in [-0.39, 0.29) is 0 Å². The Morgan fingerprint density at radius 1 is 1.38 bits per heavy atom. The van der Waals surface area contributed by atoms with E-state index in [0.717, 1.165) is 7.11 Å². The van der Waals surface area contributed by atoms with Gasteiger partial charge in [0.2, 0.25) is 0 Å². The van der Waals surface area contributed by atoms with E-state index in [9.17, 15) is 0 Å². The minimum absolute atomic E-state index is 0.391. The zero-order valence-corrected chi connectivity index (χ0v) is 4.83. The van der Waals surface area contributed by atoms with Crippen molar-refractivity contribution >= 4 is 0 Å². The van der Waals surface area contributed by atoms with E-state index in [2.05, 4.69) is 4.74 Å². The van der Waals surface area contributed by atoms with Gasteiger partial charge in [0.25, 0.3) is 0 Å². The maximum Gasteiger partial charge on any atom is 0.306 e. The van der Waals surface area contributed by atoms with Crippen LogP contribution in [-0.4, -0.2) is 34.5 Å². The van der Waals surface area contributed by atoms with Crippen LogP contribution in [0.5, 0.6) is 0 Å². The summed E-state index contributed by atoms with van der Waals surface area (Å²) in [6.07, 6.45) is -0.391. The molecule has 1 fully saturated rings. The molecule has 3 N–H and O–H groups in total. The summed E-state index contributed by atoms with van der Waals surface area (Å²) in [5, 5.41) is 23.5. The normalized spacial score (nSPS) is 30.4. The third kappa shape index (κ3) is 1.75. The van der Waals surface area contributed by atoms with Crippen LogP contribution >= 0.6 is 0 Å². The SMILES string of the molecule is CC1OC1(O)O.CO. The molecular weight excluding hydrogens is 112 g/mol. The lowest BCUT2D eigenvalue weighted by molar-refractivity contribution is -0.150. The van der Waals surface area contributed by atoms with Gasteiger partial charge in [-0.15, -0.1) is 0 Å². The second kappa shape index (κ2) is 2.41. The average Bonchev–Trinajstić information content (AvgIpc) is 2.19. The fraction of sp³-hybridized carbons (Fsp3) is 1.00. The van der Waals surface area contributed by atoms with Crippen LogP contribution in [0, 0.1) is 0 Å². The van der Waals surface area contributed by atoms with Gasteiger partial charge in [-0.25, -0.2) is 0 Å². The summed E-state index contributed by atoms with van der Waals surface area (Å²) in [7, 11) is 1.00. The first-order chi connectivity index (χ1) is 3.63. The van der Waals surface area contributed by atoms with Crippen molar-refractivity contribution in [1.29, 1.82) is 0 Å². The fourth-order valence-electron chi connectivity index (χ4n) is 0.226. The molecule has 0 aromatic heterocycles. The maximum absolute atomic E-state index is 8.23. The predicted molar refractivity (Wildman–Crippen MR) is 25.9 cm³/mol. The number of aliphatic hydroxyl groups excluding tert-OH is 1. The van der Waals surface area contributed by atoms with E-state index in [1.807, 2.05) is 0 Å². The van der Waals surface area contributed by atoms with E-state index >= 15 is 0 Å². The molecule has 1 atom stereocenters. The summed E-state index contributed by atoms with van der Waals surface area (Å²) >= 11 is 0. The Bertz CT molecular complexity index is 70.4. The molecule has 0 saturated carbocycles. The van der Waals surface area contributed by atoms with Crippen LogP contribution < -0.4 is 0 Å². The highest BCUT2D eigenvalue weighted by molar-refractivity contribution is 4.75. The molecule has 0 aromatic rings. The molecule has 4 nitrogen and oxygen atoms in total. The number of ether oxygens (including phenoxy) is 1. The van der Waals surface area contributed by atoms with Crippen LogP contribution in [0.2, 0.25) is 0 Å². The molecule has 1 heterocycles. The molecule has 0 spiro atoms. The Kier molecular flexibility index (Phi) is 2.36.